The van der Waals surface area contributed by atoms with Crippen LogP contribution in [0.25, 0.3) is 0 Å². The van der Waals surface area contributed by atoms with Crippen LogP contribution < -0.4 is 10.9 Å². The van der Waals surface area contributed by atoms with Gasteiger partial charge in [-0.2, -0.15) is 0 Å². The number of amides is 3. The largest absolute Gasteiger partial charge is 0.501 e. The van der Waals surface area contributed by atoms with Gasteiger partial charge < -0.3 is 30.2 Å². The van der Waals surface area contributed by atoms with Gasteiger partial charge in [0.25, 0.3) is 11.5 Å². The van der Waals surface area contributed by atoms with Gasteiger partial charge in [0, 0.05) is 19.6 Å². The summed E-state index contributed by atoms with van der Waals surface area (Å²) in [5.74, 6) is -2.53. The van der Waals surface area contributed by atoms with E-state index in [2.05, 4.69) is 15.3 Å². The van der Waals surface area contributed by atoms with Crippen LogP contribution in [0.15, 0.2) is 29.1 Å². The van der Waals surface area contributed by atoms with Gasteiger partial charge in [0.05, 0.1) is 6.54 Å². The van der Waals surface area contributed by atoms with Crippen molar-refractivity contribution in [3.63, 3.8) is 0 Å². The Morgan fingerprint density at radius 1 is 1.23 bits per heavy atom. The number of carbonyl (C=O) groups excluding carboxylic acids is 2. The molecule has 0 radical (unpaired) electrons. The Morgan fingerprint density at radius 2 is 1.89 bits per heavy atom. The Balaban J connectivity index is 1.87. The number of aromatic hydroxyl groups is 1. The molecule has 1 unspecified atom stereocenters. The average Bonchev–Trinajstić information content (AvgIpc) is 2.78. The van der Waals surface area contributed by atoms with Crippen molar-refractivity contribution in [1.29, 1.82) is 0 Å². The highest BCUT2D eigenvalue weighted by molar-refractivity contribution is 5.94. The minimum Gasteiger partial charge on any atom is -0.501 e. The smallest absolute Gasteiger partial charge is 0.410 e. The number of carboxylic acid groups (broad SMARTS) is 1. The van der Waals surface area contributed by atoms with Crippen molar-refractivity contribution in [3.8, 4) is 5.75 Å². The zero-order valence-electron chi connectivity index (χ0n) is 19.4. The van der Waals surface area contributed by atoms with Crippen molar-refractivity contribution < 1.29 is 33.7 Å². The van der Waals surface area contributed by atoms with E-state index >= 15 is 0 Å². The van der Waals surface area contributed by atoms with Crippen LogP contribution in [0.2, 0.25) is 0 Å². The molecule has 1 aromatic heterocycles. The first-order valence-electron chi connectivity index (χ1n) is 10.7. The zero-order chi connectivity index (χ0) is 25.9. The van der Waals surface area contributed by atoms with Crippen molar-refractivity contribution in [1.82, 2.24) is 25.1 Å². The highest BCUT2D eigenvalue weighted by atomic mass is 19.1. The van der Waals surface area contributed by atoms with Gasteiger partial charge in [-0.15, -0.1) is 0 Å². The Morgan fingerprint density at radius 3 is 2.49 bits per heavy atom. The minimum absolute atomic E-state index is 0.0422. The van der Waals surface area contributed by atoms with E-state index in [1.807, 2.05) is 0 Å². The molecule has 1 fully saturated rings. The molecule has 0 spiro atoms. The van der Waals surface area contributed by atoms with Crippen molar-refractivity contribution in [3.05, 3.63) is 57.5 Å². The number of nitrogens with zero attached hydrogens (tertiary/aromatic N) is 3. The molecular formula is C22H26FN5O7. The fourth-order valence-corrected chi connectivity index (χ4v) is 3.41. The normalized spacial score (nSPS) is 16.1. The number of benzene rings is 1. The lowest BCUT2D eigenvalue weighted by Crippen LogP contribution is -2.53. The lowest BCUT2D eigenvalue weighted by molar-refractivity contribution is 0.00411. The first-order chi connectivity index (χ1) is 16.4. The Kier molecular flexibility index (Phi) is 7.27. The zero-order valence-corrected chi connectivity index (χ0v) is 19.4. The van der Waals surface area contributed by atoms with Crippen molar-refractivity contribution in [2.75, 3.05) is 19.6 Å². The molecule has 3 rings (SSSR count). The van der Waals surface area contributed by atoms with E-state index in [4.69, 9.17) is 4.74 Å². The van der Waals surface area contributed by atoms with Gasteiger partial charge in [-0.25, -0.2) is 19.0 Å². The molecule has 35 heavy (non-hydrogen) atoms. The molecular weight excluding hydrogens is 465 g/mol. The van der Waals surface area contributed by atoms with Crippen LogP contribution in [0.5, 0.6) is 5.75 Å². The first-order valence-corrected chi connectivity index (χ1v) is 10.7. The summed E-state index contributed by atoms with van der Waals surface area (Å²) in [4.78, 5) is 57.9. The van der Waals surface area contributed by atoms with Gasteiger partial charge in [-0.3, -0.25) is 14.5 Å². The second-order valence-corrected chi connectivity index (χ2v) is 8.88. The summed E-state index contributed by atoms with van der Waals surface area (Å²) in [6, 6.07) is 4.19. The number of rotatable bonds is 4. The number of halogens is 1. The van der Waals surface area contributed by atoms with Crippen molar-refractivity contribution >= 4 is 18.1 Å². The van der Waals surface area contributed by atoms with Crippen LogP contribution in [0, 0.1) is 5.82 Å². The van der Waals surface area contributed by atoms with Gasteiger partial charge >= 0.3 is 12.2 Å². The van der Waals surface area contributed by atoms with Crippen molar-refractivity contribution in [2.45, 2.75) is 39.0 Å². The molecule has 12 nitrogen and oxygen atoms in total. The van der Waals surface area contributed by atoms with Gasteiger partial charge in [-0.05, 0) is 38.5 Å². The molecule has 2 heterocycles. The van der Waals surface area contributed by atoms with Crippen LogP contribution >= 0.6 is 0 Å². The van der Waals surface area contributed by atoms with Crippen LogP contribution in [0.3, 0.4) is 0 Å². The third kappa shape index (κ3) is 6.25. The number of aromatic nitrogens is 2. The highest BCUT2D eigenvalue weighted by Crippen LogP contribution is 2.25. The molecule has 4 N–H and O–H groups in total. The van der Waals surface area contributed by atoms with Crippen LogP contribution in [0.1, 0.15) is 48.7 Å². The molecule has 0 saturated carbocycles. The monoisotopic (exact) mass is 491 g/mol. The van der Waals surface area contributed by atoms with E-state index in [9.17, 15) is 33.8 Å². The summed E-state index contributed by atoms with van der Waals surface area (Å²) in [5.41, 5.74) is -1.90. The summed E-state index contributed by atoms with van der Waals surface area (Å²) in [6.45, 7) is 4.76. The van der Waals surface area contributed by atoms with Gasteiger partial charge in [0.1, 0.15) is 23.3 Å². The molecule has 2 aromatic rings. The fourth-order valence-electron chi connectivity index (χ4n) is 3.41. The second kappa shape index (κ2) is 9.99. The van der Waals surface area contributed by atoms with Crippen LogP contribution in [-0.2, 0) is 11.3 Å². The second-order valence-electron chi connectivity index (χ2n) is 8.88. The number of piperazine rings is 1. The van der Waals surface area contributed by atoms with E-state index in [1.54, 1.807) is 20.8 Å². The maximum Gasteiger partial charge on any atom is 0.410 e. The first kappa shape index (κ1) is 25.5. The van der Waals surface area contributed by atoms with Gasteiger partial charge in [0.2, 0.25) is 5.75 Å². The molecule has 0 bridgehead atoms. The van der Waals surface area contributed by atoms with E-state index in [0.717, 1.165) is 4.90 Å². The summed E-state index contributed by atoms with van der Waals surface area (Å²) >= 11 is 0. The lowest BCUT2D eigenvalue weighted by Gasteiger charge is -2.39. The van der Waals surface area contributed by atoms with E-state index in [0.29, 0.717) is 5.56 Å². The predicted octanol–water partition coefficient (Wildman–Crippen LogP) is 1.82. The molecule has 3 amide bonds. The quantitative estimate of drug-likeness (QED) is 0.503. The maximum atomic E-state index is 13.1. The maximum absolute atomic E-state index is 13.1. The molecule has 1 aliphatic heterocycles. The third-order valence-electron chi connectivity index (χ3n) is 5.09. The summed E-state index contributed by atoms with van der Waals surface area (Å²) in [6.07, 6.45) is -2.00. The number of aromatic amines is 1. The molecule has 188 valence electrons. The van der Waals surface area contributed by atoms with Gasteiger partial charge in [0.15, 0.2) is 5.69 Å². The van der Waals surface area contributed by atoms with Gasteiger partial charge in [-0.1, -0.05) is 12.1 Å². The minimum atomic E-state index is -1.32. The van der Waals surface area contributed by atoms with E-state index in [-0.39, 0.29) is 32.0 Å². The summed E-state index contributed by atoms with van der Waals surface area (Å²) in [5, 5.41) is 22.2. The average molecular weight is 491 g/mol. The van der Waals surface area contributed by atoms with E-state index in [1.165, 1.54) is 29.2 Å². The highest BCUT2D eigenvalue weighted by Gasteiger charge is 2.37. The third-order valence-corrected chi connectivity index (χ3v) is 5.09. The molecule has 1 atom stereocenters. The standard InChI is InChI=1S/C22H26FN5O7/c1-22(2,3)35-21(34)27-8-9-28(20(32)33)14(11-27)17-25-15(16(29)19(31)26-17)18(30)24-10-12-4-6-13(23)7-5-12/h4-7,14,29H,8-11H2,1-3H3,(H,24,30)(H,32,33)(H,25,26,31). The van der Waals surface area contributed by atoms with Crippen LogP contribution in [-0.4, -0.2) is 73.3 Å². The molecule has 0 aliphatic carbocycles. The molecule has 1 saturated heterocycles. The van der Waals surface area contributed by atoms with E-state index < -0.39 is 52.6 Å². The van der Waals surface area contributed by atoms with Crippen LogP contribution in [0.4, 0.5) is 14.0 Å². The fraction of sp³-hybridized carbons (Fsp3) is 0.409. The number of ether oxygens (including phenoxy) is 1. The summed E-state index contributed by atoms with van der Waals surface area (Å²) in [7, 11) is 0. The Hall–Kier alpha value is -4.16. The Bertz CT molecular complexity index is 1180. The number of nitrogens with one attached hydrogen (secondary N) is 2. The number of H-pyrrole nitrogens is 1. The van der Waals surface area contributed by atoms with Crippen molar-refractivity contribution in [2.24, 2.45) is 0 Å². The molecule has 13 heteroatoms. The molecule has 1 aromatic carbocycles. The SMILES string of the molecule is CC(C)(C)OC(=O)N1CCN(C(=O)O)C(c2nc(C(=O)NCc3ccc(F)cc3)c(O)c(=O)[nH]2)C1. The molecule has 1 aliphatic rings. The topological polar surface area (TPSA) is 165 Å². The number of hydrogen-bond acceptors (Lipinski definition) is 7. The number of carbonyl (C=O) groups is 3. The number of hydrogen-bond donors (Lipinski definition) is 4. The predicted molar refractivity (Wildman–Crippen MR) is 119 cm³/mol. The lowest BCUT2D eigenvalue weighted by atomic mass is 10.1. The Labute approximate surface area is 199 Å². The summed E-state index contributed by atoms with van der Waals surface area (Å²) < 4.78 is 18.4.